The number of nitrogens with zero attached hydrogens (tertiary/aromatic N) is 1. The van der Waals surface area contributed by atoms with Crippen LogP contribution >= 0.6 is 11.6 Å². The van der Waals surface area contributed by atoms with Crippen molar-refractivity contribution >= 4 is 29.1 Å². The number of nitrogens with two attached hydrogens (primary N) is 1. The molecular weight excluding hydrogens is 371 g/mol. The van der Waals surface area contributed by atoms with E-state index in [-0.39, 0.29) is 16.5 Å². The molecule has 0 spiro atoms. The molecule has 2 saturated carbocycles. The van der Waals surface area contributed by atoms with E-state index in [0.717, 1.165) is 30.2 Å². The second-order valence-corrected chi connectivity index (χ2v) is 7.64. The first-order chi connectivity index (χ1) is 12.9. The number of hydrogen-bond acceptors (Lipinski definition) is 3. The van der Waals surface area contributed by atoms with Crippen LogP contribution in [0.3, 0.4) is 0 Å². The minimum Gasteiger partial charge on any atom is -0.492 e. The third-order valence-electron chi connectivity index (χ3n) is 5.31. The van der Waals surface area contributed by atoms with E-state index in [1.807, 2.05) is 5.92 Å². The lowest BCUT2D eigenvalue weighted by atomic mass is 9.79. The SMILES string of the molecule is C#CC(=O)N(c1cc(Cl)c(OCC2CC2)cc1F)C1(C(N)=O)CCCCC1. The third kappa shape index (κ3) is 3.89. The van der Waals surface area contributed by atoms with E-state index >= 15 is 0 Å². The van der Waals surface area contributed by atoms with Gasteiger partial charge in [-0.15, -0.1) is 6.42 Å². The van der Waals surface area contributed by atoms with Crippen LogP contribution in [0, 0.1) is 24.1 Å². The molecule has 27 heavy (non-hydrogen) atoms. The van der Waals surface area contributed by atoms with Crippen LogP contribution in [0.4, 0.5) is 10.1 Å². The molecule has 144 valence electrons. The molecule has 0 aliphatic heterocycles. The number of ether oxygens (including phenoxy) is 1. The van der Waals surface area contributed by atoms with Gasteiger partial charge in [-0.1, -0.05) is 30.9 Å². The van der Waals surface area contributed by atoms with E-state index in [1.54, 1.807) is 0 Å². The van der Waals surface area contributed by atoms with Crippen molar-refractivity contribution in [1.29, 1.82) is 0 Å². The Balaban J connectivity index is 2.02. The van der Waals surface area contributed by atoms with Crippen molar-refractivity contribution in [1.82, 2.24) is 0 Å². The highest BCUT2D eigenvalue weighted by molar-refractivity contribution is 6.32. The minimum absolute atomic E-state index is 0.150. The lowest BCUT2D eigenvalue weighted by Gasteiger charge is -2.43. The van der Waals surface area contributed by atoms with E-state index in [2.05, 4.69) is 0 Å². The molecule has 2 N–H and O–H groups in total. The highest BCUT2D eigenvalue weighted by atomic mass is 35.5. The van der Waals surface area contributed by atoms with E-state index in [9.17, 15) is 14.0 Å². The number of rotatable bonds is 6. The van der Waals surface area contributed by atoms with Crippen molar-refractivity contribution < 1.29 is 18.7 Å². The fourth-order valence-corrected chi connectivity index (χ4v) is 3.82. The van der Waals surface area contributed by atoms with Crippen molar-refractivity contribution in [3.05, 3.63) is 23.0 Å². The van der Waals surface area contributed by atoms with Gasteiger partial charge >= 0.3 is 5.91 Å². The van der Waals surface area contributed by atoms with Gasteiger partial charge in [0.05, 0.1) is 17.3 Å². The minimum atomic E-state index is -1.36. The highest BCUT2D eigenvalue weighted by Crippen LogP contribution is 2.41. The maximum absolute atomic E-state index is 15.0. The van der Waals surface area contributed by atoms with Gasteiger partial charge in [-0.05, 0) is 43.6 Å². The van der Waals surface area contributed by atoms with Crippen molar-refractivity contribution in [2.45, 2.75) is 50.5 Å². The standard InChI is InChI=1S/C20H22ClFN2O3/c1-2-18(25)24(20(19(23)26)8-4-3-5-9-20)16-10-14(21)17(11-15(16)22)27-12-13-6-7-13/h1,10-11,13H,3-9,12H2,(H2,23,26). The van der Waals surface area contributed by atoms with E-state index in [1.165, 1.54) is 6.07 Å². The summed E-state index contributed by atoms with van der Waals surface area (Å²) in [5.41, 5.74) is 4.15. The van der Waals surface area contributed by atoms with E-state index in [0.29, 0.717) is 38.2 Å². The van der Waals surface area contributed by atoms with Crippen molar-refractivity contribution in [2.24, 2.45) is 11.7 Å². The molecule has 1 aromatic rings. The number of amides is 2. The van der Waals surface area contributed by atoms with Gasteiger partial charge in [0, 0.05) is 6.07 Å². The Morgan fingerprint density at radius 2 is 2.00 bits per heavy atom. The number of benzene rings is 1. The average Bonchev–Trinajstić information content (AvgIpc) is 3.48. The normalized spacial score (nSPS) is 18.4. The topological polar surface area (TPSA) is 72.6 Å². The van der Waals surface area contributed by atoms with Crippen LogP contribution in [0.15, 0.2) is 12.1 Å². The molecule has 1 aromatic carbocycles. The van der Waals surface area contributed by atoms with E-state index in [4.69, 9.17) is 28.5 Å². The zero-order valence-corrected chi connectivity index (χ0v) is 15.7. The number of primary amides is 1. The van der Waals surface area contributed by atoms with Crippen LogP contribution in [-0.4, -0.2) is 24.0 Å². The molecule has 2 aliphatic carbocycles. The molecule has 2 amide bonds. The molecule has 2 fully saturated rings. The summed E-state index contributed by atoms with van der Waals surface area (Å²) in [6.07, 6.45) is 10.4. The van der Waals surface area contributed by atoms with Gasteiger partial charge < -0.3 is 10.5 Å². The van der Waals surface area contributed by atoms with Crippen LogP contribution < -0.4 is 15.4 Å². The number of halogens is 2. The van der Waals surface area contributed by atoms with Gasteiger partial charge in [0.2, 0.25) is 5.91 Å². The van der Waals surface area contributed by atoms with Crippen LogP contribution in [0.2, 0.25) is 5.02 Å². The summed E-state index contributed by atoms with van der Waals surface area (Å²) in [7, 11) is 0. The fraction of sp³-hybridized carbons (Fsp3) is 0.500. The summed E-state index contributed by atoms with van der Waals surface area (Å²) in [6, 6.07) is 2.42. The molecule has 0 unspecified atom stereocenters. The zero-order chi connectivity index (χ0) is 19.6. The maximum Gasteiger partial charge on any atom is 0.303 e. The number of anilines is 1. The monoisotopic (exact) mass is 392 g/mol. The Labute approximate surface area is 163 Å². The summed E-state index contributed by atoms with van der Waals surface area (Å²) < 4.78 is 20.5. The average molecular weight is 393 g/mol. The Morgan fingerprint density at radius 3 is 2.56 bits per heavy atom. The molecule has 5 nitrogen and oxygen atoms in total. The Kier molecular flexibility index (Phi) is 5.61. The summed E-state index contributed by atoms with van der Waals surface area (Å²) in [6.45, 7) is 0.469. The van der Waals surface area contributed by atoms with Gasteiger partial charge in [-0.25, -0.2) is 4.39 Å². The first kappa shape index (κ1) is 19.5. The summed E-state index contributed by atoms with van der Waals surface area (Å²) in [4.78, 5) is 25.9. The molecule has 2 aliphatic rings. The Morgan fingerprint density at radius 1 is 1.33 bits per heavy atom. The number of carbonyl (C=O) groups excluding carboxylic acids is 2. The molecule has 7 heteroatoms. The van der Waals surface area contributed by atoms with Gasteiger partial charge in [0.15, 0.2) is 5.82 Å². The summed E-state index contributed by atoms with van der Waals surface area (Å²) in [5.74, 6) is 0.411. The molecule has 0 bridgehead atoms. The predicted octanol–water partition coefficient (Wildman–Crippen LogP) is 3.42. The molecule has 0 radical (unpaired) electrons. The number of terminal acetylenes is 1. The summed E-state index contributed by atoms with van der Waals surface area (Å²) >= 11 is 6.26. The second kappa shape index (κ2) is 7.77. The largest absolute Gasteiger partial charge is 0.492 e. The van der Waals surface area contributed by atoms with Crippen LogP contribution in [-0.2, 0) is 9.59 Å². The lowest BCUT2D eigenvalue weighted by molar-refractivity contribution is -0.127. The van der Waals surface area contributed by atoms with Crippen molar-refractivity contribution in [3.63, 3.8) is 0 Å². The molecule has 0 heterocycles. The number of hydrogen-bond donors (Lipinski definition) is 1. The van der Waals surface area contributed by atoms with Gasteiger partial charge in [0.25, 0.3) is 0 Å². The van der Waals surface area contributed by atoms with Gasteiger partial charge in [-0.2, -0.15) is 0 Å². The van der Waals surface area contributed by atoms with Crippen molar-refractivity contribution in [3.8, 4) is 18.1 Å². The smallest absolute Gasteiger partial charge is 0.303 e. The van der Waals surface area contributed by atoms with Gasteiger partial charge in [-0.3, -0.25) is 14.5 Å². The molecule has 0 atom stereocenters. The fourth-order valence-electron chi connectivity index (χ4n) is 3.61. The quantitative estimate of drug-likeness (QED) is 0.754. The van der Waals surface area contributed by atoms with Crippen LogP contribution in [0.5, 0.6) is 5.75 Å². The molecule has 3 rings (SSSR count). The predicted molar refractivity (Wildman–Crippen MR) is 101 cm³/mol. The van der Waals surface area contributed by atoms with Crippen LogP contribution in [0.25, 0.3) is 0 Å². The van der Waals surface area contributed by atoms with Crippen LogP contribution in [0.1, 0.15) is 44.9 Å². The lowest BCUT2D eigenvalue weighted by Crippen LogP contribution is -2.61. The zero-order valence-electron chi connectivity index (χ0n) is 15.0. The second-order valence-electron chi connectivity index (χ2n) is 7.23. The first-order valence-electron chi connectivity index (χ1n) is 9.11. The van der Waals surface area contributed by atoms with Crippen molar-refractivity contribution in [2.75, 3.05) is 11.5 Å². The molecular formula is C20H22ClFN2O3. The van der Waals surface area contributed by atoms with Gasteiger partial charge in [0.1, 0.15) is 11.3 Å². The summed E-state index contributed by atoms with van der Waals surface area (Å²) in [5, 5.41) is 0.150. The highest BCUT2D eigenvalue weighted by Gasteiger charge is 2.47. The third-order valence-corrected chi connectivity index (χ3v) is 5.60. The molecule has 0 aromatic heterocycles. The number of carbonyl (C=O) groups is 2. The first-order valence-corrected chi connectivity index (χ1v) is 9.49. The maximum atomic E-state index is 15.0. The Bertz CT molecular complexity index is 795. The van der Waals surface area contributed by atoms with E-state index < -0.39 is 23.2 Å². The molecule has 0 saturated heterocycles. The Hall–Kier alpha value is -2.26.